The molecule has 1 saturated carbocycles. The van der Waals surface area contributed by atoms with E-state index < -0.39 is 0 Å². The summed E-state index contributed by atoms with van der Waals surface area (Å²) >= 11 is 1.82. The Bertz CT molecular complexity index is 439. The van der Waals surface area contributed by atoms with E-state index in [0.717, 1.165) is 5.92 Å². The van der Waals surface area contributed by atoms with Crippen LogP contribution < -0.4 is 5.32 Å². The molecule has 21 heavy (non-hydrogen) atoms. The van der Waals surface area contributed by atoms with E-state index in [2.05, 4.69) is 29.4 Å². The third-order valence-electron chi connectivity index (χ3n) is 5.22. The van der Waals surface area contributed by atoms with Crippen LogP contribution >= 0.6 is 11.3 Å². The lowest BCUT2D eigenvalue weighted by molar-refractivity contribution is 0.170. The van der Waals surface area contributed by atoms with Crippen molar-refractivity contribution in [1.29, 1.82) is 0 Å². The van der Waals surface area contributed by atoms with Gasteiger partial charge in [0.1, 0.15) is 5.01 Å². The summed E-state index contributed by atoms with van der Waals surface area (Å²) in [4.78, 5) is 7.37. The van der Waals surface area contributed by atoms with Crippen LogP contribution in [0, 0.1) is 12.8 Å². The van der Waals surface area contributed by atoms with Crippen molar-refractivity contribution in [3.05, 3.63) is 16.1 Å². The summed E-state index contributed by atoms with van der Waals surface area (Å²) < 4.78 is 0. The molecule has 0 bridgehead atoms. The number of nitrogens with zero attached hydrogens (tertiary/aromatic N) is 2. The standard InChI is InChI=1S/C17H29N3S/c1-13-12-21-17(19-13)14(2)20-10-6-9-18-16(11-20)15-7-4-3-5-8-15/h12,14-16,18H,3-11H2,1-2H3. The molecule has 2 unspecified atom stereocenters. The molecule has 2 atom stereocenters. The fourth-order valence-corrected chi connectivity index (χ4v) is 4.79. The zero-order chi connectivity index (χ0) is 14.7. The highest BCUT2D eigenvalue weighted by Gasteiger charge is 2.29. The van der Waals surface area contributed by atoms with E-state index in [0.29, 0.717) is 12.1 Å². The minimum atomic E-state index is 0.467. The largest absolute Gasteiger partial charge is 0.312 e. The Hall–Kier alpha value is -0.450. The van der Waals surface area contributed by atoms with Gasteiger partial charge >= 0.3 is 0 Å². The molecular weight excluding hydrogens is 278 g/mol. The molecule has 1 aliphatic carbocycles. The molecule has 4 heteroatoms. The molecule has 2 aliphatic rings. The maximum atomic E-state index is 4.71. The maximum absolute atomic E-state index is 4.71. The first-order valence-electron chi connectivity index (χ1n) is 8.63. The van der Waals surface area contributed by atoms with Gasteiger partial charge in [-0.05, 0) is 45.6 Å². The van der Waals surface area contributed by atoms with Crippen LogP contribution in [0.5, 0.6) is 0 Å². The van der Waals surface area contributed by atoms with E-state index in [1.165, 1.54) is 68.9 Å². The summed E-state index contributed by atoms with van der Waals surface area (Å²) in [7, 11) is 0. The predicted octanol–water partition coefficient (Wildman–Crippen LogP) is 3.76. The quantitative estimate of drug-likeness (QED) is 0.921. The summed E-state index contributed by atoms with van der Waals surface area (Å²) in [6.45, 7) is 8.02. The first-order valence-corrected chi connectivity index (χ1v) is 9.51. The second-order valence-electron chi connectivity index (χ2n) is 6.81. The SMILES string of the molecule is Cc1csc(C(C)N2CCCNC(C3CCCCC3)C2)n1. The molecule has 118 valence electrons. The molecule has 0 amide bonds. The molecule has 1 aromatic rings. The van der Waals surface area contributed by atoms with Crippen molar-refractivity contribution in [2.24, 2.45) is 5.92 Å². The van der Waals surface area contributed by atoms with E-state index in [4.69, 9.17) is 4.98 Å². The average Bonchev–Trinajstić information content (AvgIpc) is 2.81. The van der Waals surface area contributed by atoms with Crippen LogP contribution in [0.1, 0.15) is 62.2 Å². The second kappa shape index (κ2) is 7.21. The smallest absolute Gasteiger partial charge is 0.110 e. The van der Waals surface area contributed by atoms with Crippen LogP contribution in [-0.4, -0.2) is 35.6 Å². The molecule has 0 aromatic carbocycles. The third kappa shape index (κ3) is 3.85. The van der Waals surface area contributed by atoms with E-state index in [-0.39, 0.29) is 0 Å². The molecule has 1 aliphatic heterocycles. The van der Waals surface area contributed by atoms with Gasteiger partial charge in [0.05, 0.1) is 6.04 Å². The Morgan fingerprint density at radius 3 is 2.81 bits per heavy atom. The monoisotopic (exact) mass is 307 g/mol. The highest BCUT2D eigenvalue weighted by atomic mass is 32.1. The van der Waals surface area contributed by atoms with Gasteiger partial charge in [-0.1, -0.05) is 19.3 Å². The first kappa shape index (κ1) is 15.4. The Labute approximate surface area is 133 Å². The van der Waals surface area contributed by atoms with Crippen LogP contribution in [0.25, 0.3) is 0 Å². The predicted molar refractivity (Wildman–Crippen MR) is 89.8 cm³/mol. The highest BCUT2D eigenvalue weighted by molar-refractivity contribution is 7.09. The Morgan fingerprint density at radius 1 is 1.29 bits per heavy atom. The molecular formula is C17H29N3S. The number of nitrogens with one attached hydrogen (secondary N) is 1. The van der Waals surface area contributed by atoms with E-state index in [1.54, 1.807) is 0 Å². The van der Waals surface area contributed by atoms with Crippen molar-refractivity contribution >= 4 is 11.3 Å². The lowest BCUT2D eigenvalue weighted by atomic mass is 9.83. The highest BCUT2D eigenvalue weighted by Crippen LogP contribution is 2.30. The molecule has 0 spiro atoms. The number of thiazole rings is 1. The normalized spacial score (nSPS) is 27.4. The van der Waals surface area contributed by atoms with Gasteiger partial charge in [-0.2, -0.15) is 0 Å². The lowest BCUT2D eigenvalue weighted by Crippen LogP contribution is -2.44. The number of aryl methyl sites for hydroxylation is 1. The van der Waals surface area contributed by atoms with Crippen molar-refractivity contribution in [3.63, 3.8) is 0 Å². The molecule has 3 nitrogen and oxygen atoms in total. The van der Waals surface area contributed by atoms with E-state index >= 15 is 0 Å². The topological polar surface area (TPSA) is 28.2 Å². The average molecular weight is 308 g/mol. The molecule has 1 N–H and O–H groups in total. The van der Waals surface area contributed by atoms with Crippen molar-refractivity contribution in [2.45, 2.75) is 64.5 Å². The van der Waals surface area contributed by atoms with Gasteiger partial charge < -0.3 is 5.32 Å². The van der Waals surface area contributed by atoms with Gasteiger partial charge in [0, 0.05) is 30.2 Å². The number of rotatable bonds is 3. The molecule has 2 heterocycles. The molecule has 3 rings (SSSR count). The van der Waals surface area contributed by atoms with Crippen molar-refractivity contribution < 1.29 is 0 Å². The fourth-order valence-electron chi connectivity index (χ4n) is 3.90. The number of hydrogen-bond donors (Lipinski definition) is 1. The Morgan fingerprint density at radius 2 is 2.10 bits per heavy atom. The zero-order valence-electron chi connectivity index (χ0n) is 13.5. The molecule has 1 aromatic heterocycles. The molecule has 2 fully saturated rings. The molecule has 0 radical (unpaired) electrons. The van der Waals surface area contributed by atoms with Gasteiger partial charge in [0.2, 0.25) is 0 Å². The summed E-state index contributed by atoms with van der Waals surface area (Å²) in [6, 6.07) is 1.16. The third-order valence-corrected chi connectivity index (χ3v) is 6.35. The minimum Gasteiger partial charge on any atom is -0.312 e. The van der Waals surface area contributed by atoms with Crippen molar-refractivity contribution in [1.82, 2.24) is 15.2 Å². The van der Waals surface area contributed by atoms with Crippen LogP contribution in [0.15, 0.2) is 5.38 Å². The van der Waals surface area contributed by atoms with Gasteiger partial charge in [0.15, 0.2) is 0 Å². The van der Waals surface area contributed by atoms with E-state index in [1.807, 2.05) is 11.3 Å². The number of aromatic nitrogens is 1. The fraction of sp³-hybridized carbons (Fsp3) is 0.824. The van der Waals surface area contributed by atoms with Crippen LogP contribution in [0.3, 0.4) is 0 Å². The zero-order valence-corrected chi connectivity index (χ0v) is 14.3. The van der Waals surface area contributed by atoms with Crippen LogP contribution in [-0.2, 0) is 0 Å². The summed E-state index contributed by atoms with van der Waals surface area (Å²) in [5, 5.41) is 7.30. The number of hydrogen-bond acceptors (Lipinski definition) is 4. The summed E-state index contributed by atoms with van der Waals surface area (Å²) in [5.74, 6) is 0.893. The molecule has 1 saturated heterocycles. The Balaban J connectivity index is 1.66. The first-order chi connectivity index (χ1) is 10.2. The van der Waals surface area contributed by atoms with Gasteiger partial charge in [-0.15, -0.1) is 11.3 Å². The van der Waals surface area contributed by atoms with Gasteiger partial charge in [0.25, 0.3) is 0 Å². The van der Waals surface area contributed by atoms with Gasteiger partial charge in [-0.3, -0.25) is 4.90 Å². The van der Waals surface area contributed by atoms with Crippen LogP contribution in [0.2, 0.25) is 0 Å². The summed E-state index contributed by atoms with van der Waals surface area (Å²) in [6.07, 6.45) is 8.43. The van der Waals surface area contributed by atoms with Crippen molar-refractivity contribution in [2.75, 3.05) is 19.6 Å². The van der Waals surface area contributed by atoms with E-state index in [9.17, 15) is 0 Å². The van der Waals surface area contributed by atoms with Crippen LogP contribution in [0.4, 0.5) is 0 Å². The Kier molecular flexibility index (Phi) is 5.30. The summed E-state index contributed by atoms with van der Waals surface area (Å²) in [5.41, 5.74) is 1.17. The minimum absolute atomic E-state index is 0.467. The van der Waals surface area contributed by atoms with Crippen molar-refractivity contribution in [3.8, 4) is 0 Å². The van der Waals surface area contributed by atoms with Gasteiger partial charge in [-0.25, -0.2) is 4.98 Å². The lowest BCUT2D eigenvalue weighted by Gasteiger charge is -2.34. The maximum Gasteiger partial charge on any atom is 0.110 e. The second-order valence-corrected chi connectivity index (χ2v) is 7.70.